The number of unbranched alkanes of at least 4 members (excludes halogenated alkanes) is 5. The predicted octanol–water partition coefficient (Wildman–Crippen LogP) is 5.30. The lowest BCUT2D eigenvalue weighted by Gasteiger charge is -2.35. The Morgan fingerprint density at radius 1 is 1.09 bits per heavy atom. The highest BCUT2D eigenvalue weighted by molar-refractivity contribution is 5.95. The number of methoxy groups -OCH3 is 1. The van der Waals surface area contributed by atoms with Crippen molar-refractivity contribution in [3.63, 3.8) is 0 Å². The summed E-state index contributed by atoms with van der Waals surface area (Å²) in [6.07, 6.45) is 7.70. The molecular weight excluding hydrogens is 406 g/mol. The number of benzene rings is 1. The van der Waals surface area contributed by atoms with E-state index in [2.05, 4.69) is 24.5 Å². The van der Waals surface area contributed by atoms with Crippen LogP contribution in [0.2, 0.25) is 0 Å². The molecule has 1 aromatic carbocycles. The second-order valence-electron chi connectivity index (χ2n) is 8.22. The van der Waals surface area contributed by atoms with Gasteiger partial charge >= 0.3 is 12.0 Å². The van der Waals surface area contributed by atoms with Crippen molar-refractivity contribution in [3.8, 4) is 0 Å². The van der Waals surface area contributed by atoms with E-state index in [1.165, 1.54) is 20.0 Å². The highest BCUT2D eigenvalue weighted by Gasteiger charge is 2.36. The van der Waals surface area contributed by atoms with Crippen molar-refractivity contribution in [2.24, 2.45) is 0 Å². The number of rotatable bonds is 12. The number of urea groups is 1. The van der Waals surface area contributed by atoms with Gasteiger partial charge in [0.15, 0.2) is 0 Å². The lowest BCUT2D eigenvalue weighted by Crippen LogP contribution is -2.48. The van der Waals surface area contributed by atoms with Gasteiger partial charge in [0.1, 0.15) is 0 Å². The van der Waals surface area contributed by atoms with Crippen molar-refractivity contribution in [2.45, 2.75) is 78.2 Å². The molecule has 0 aromatic heterocycles. The van der Waals surface area contributed by atoms with Crippen LogP contribution >= 0.6 is 0 Å². The number of amides is 3. The summed E-state index contributed by atoms with van der Waals surface area (Å²) < 4.78 is 5.02. The molecule has 0 unspecified atom stereocenters. The molecule has 1 atom stereocenters. The maximum absolute atomic E-state index is 12.8. The lowest BCUT2D eigenvalue weighted by atomic mass is 9.94. The monoisotopic (exact) mass is 443 g/mol. The summed E-state index contributed by atoms with van der Waals surface area (Å²) in [7, 11) is 1.34. The minimum atomic E-state index is -0.640. The lowest BCUT2D eigenvalue weighted by molar-refractivity contribution is -0.136. The Kier molecular flexibility index (Phi) is 10.2. The first-order valence-electron chi connectivity index (χ1n) is 11.7. The molecular formula is C25H37N3O4. The normalized spacial score (nSPS) is 16.1. The molecule has 0 bridgehead atoms. The zero-order valence-electron chi connectivity index (χ0n) is 19.8. The first-order valence-corrected chi connectivity index (χ1v) is 11.7. The third-order valence-corrected chi connectivity index (χ3v) is 5.75. The van der Waals surface area contributed by atoms with E-state index in [1.807, 2.05) is 18.2 Å². The van der Waals surface area contributed by atoms with E-state index < -0.39 is 12.0 Å². The average Bonchev–Trinajstić information content (AvgIpc) is 2.78. The van der Waals surface area contributed by atoms with Crippen molar-refractivity contribution in [3.05, 3.63) is 41.1 Å². The van der Waals surface area contributed by atoms with Gasteiger partial charge in [0.25, 0.3) is 0 Å². The maximum atomic E-state index is 12.8. The van der Waals surface area contributed by atoms with E-state index in [-0.39, 0.29) is 11.9 Å². The van der Waals surface area contributed by atoms with Crippen LogP contribution in [-0.2, 0) is 14.3 Å². The number of carbonyl (C=O) groups excluding carboxylic acids is 3. The van der Waals surface area contributed by atoms with Crippen molar-refractivity contribution in [1.29, 1.82) is 0 Å². The SMILES string of the molecule is CCCCCCCC(=O)Nc1cccc([C@@H]2NC(=O)N(CCCC)C(C)=C2C(=O)OC)c1. The van der Waals surface area contributed by atoms with E-state index >= 15 is 0 Å². The first kappa shape index (κ1) is 25.4. The summed E-state index contributed by atoms with van der Waals surface area (Å²) in [4.78, 5) is 39.3. The van der Waals surface area contributed by atoms with E-state index in [1.54, 1.807) is 17.9 Å². The van der Waals surface area contributed by atoms with Crippen LogP contribution in [0.5, 0.6) is 0 Å². The molecule has 1 aliphatic rings. The topological polar surface area (TPSA) is 87.7 Å². The standard InChI is InChI=1S/C25H37N3O4/c1-5-7-9-10-11-15-21(29)26-20-14-12-13-19(17-20)23-22(24(30)32-4)18(3)28(16-8-6-2)25(31)27-23/h12-14,17,23H,5-11,15-16H2,1-4H3,(H,26,29)(H,27,31)/t23-/m0/s1. The highest BCUT2D eigenvalue weighted by atomic mass is 16.5. The van der Waals surface area contributed by atoms with Crippen LogP contribution < -0.4 is 10.6 Å². The van der Waals surface area contributed by atoms with Gasteiger partial charge in [-0.1, -0.05) is 58.1 Å². The molecule has 0 saturated heterocycles. The largest absolute Gasteiger partial charge is 0.466 e. The van der Waals surface area contributed by atoms with Crippen LogP contribution in [0, 0.1) is 0 Å². The summed E-state index contributed by atoms with van der Waals surface area (Å²) in [5.41, 5.74) is 2.36. The Labute approximate surface area is 191 Å². The van der Waals surface area contributed by atoms with Gasteiger partial charge in [-0.15, -0.1) is 0 Å². The second kappa shape index (κ2) is 12.9. The van der Waals surface area contributed by atoms with Crippen LogP contribution in [0.4, 0.5) is 10.5 Å². The summed E-state index contributed by atoms with van der Waals surface area (Å²) in [5.74, 6) is -0.507. The van der Waals surface area contributed by atoms with Gasteiger partial charge < -0.3 is 15.4 Å². The molecule has 0 saturated carbocycles. The number of anilines is 1. The fraction of sp³-hybridized carbons (Fsp3) is 0.560. The molecule has 7 heteroatoms. The summed E-state index contributed by atoms with van der Waals surface area (Å²) in [6.45, 7) is 6.53. The molecule has 0 spiro atoms. The molecule has 2 rings (SSSR count). The predicted molar refractivity (Wildman–Crippen MR) is 126 cm³/mol. The molecule has 0 radical (unpaired) electrons. The third kappa shape index (κ3) is 6.84. The molecule has 2 N–H and O–H groups in total. The molecule has 176 valence electrons. The minimum Gasteiger partial charge on any atom is -0.466 e. The van der Waals surface area contributed by atoms with Gasteiger partial charge in [0.05, 0.1) is 18.7 Å². The molecule has 0 fully saturated rings. The number of hydrogen-bond acceptors (Lipinski definition) is 4. The number of carbonyl (C=O) groups is 3. The number of esters is 1. The smallest absolute Gasteiger partial charge is 0.337 e. The van der Waals surface area contributed by atoms with Crippen molar-refractivity contribution >= 4 is 23.6 Å². The van der Waals surface area contributed by atoms with Crippen LogP contribution in [0.15, 0.2) is 35.5 Å². The van der Waals surface area contributed by atoms with Gasteiger partial charge in [0, 0.05) is 24.4 Å². The quantitative estimate of drug-likeness (QED) is 0.339. The van der Waals surface area contributed by atoms with E-state index in [0.29, 0.717) is 35.5 Å². The third-order valence-electron chi connectivity index (χ3n) is 5.75. The second-order valence-corrected chi connectivity index (χ2v) is 8.22. The van der Waals surface area contributed by atoms with Crippen molar-refractivity contribution < 1.29 is 19.1 Å². The minimum absolute atomic E-state index is 0.0306. The van der Waals surface area contributed by atoms with Crippen LogP contribution in [-0.4, -0.2) is 36.5 Å². The van der Waals surface area contributed by atoms with E-state index in [0.717, 1.165) is 32.1 Å². The Balaban J connectivity index is 2.19. The van der Waals surface area contributed by atoms with E-state index in [9.17, 15) is 14.4 Å². The zero-order valence-corrected chi connectivity index (χ0v) is 19.8. The number of allylic oxidation sites excluding steroid dienone is 1. The molecule has 32 heavy (non-hydrogen) atoms. The van der Waals surface area contributed by atoms with Crippen molar-refractivity contribution in [1.82, 2.24) is 10.2 Å². The summed E-state index contributed by atoms with van der Waals surface area (Å²) >= 11 is 0. The highest BCUT2D eigenvalue weighted by Crippen LogP contribution is 2.32. The Hall–Kier alpha value is -2.83. The molecule has 1 aliphatic heterocycles. The fourth-order valence-corrected chi connectivity index (χ4v) is 3.90. The fourth-order valence-electron chi connectivity index (χ4n) is 3.90. The van der Waals surface area contributed by atoms with Gasteiger partial charge in [-0.3, -0.25) is 9.69 Å². The van der Waals surface area contributed by atoms with Crippen LogP contribution in [0.3, 0.4) is 0 Å². The zero-order chi connectivity index (χ0) is 23.5. The Bertz CT molecular complexity index is 834. The number of nitrogens with zero attached hydrogens (tertiary/aromatic N) is 1. The Morgan fingerprint density at radius 3 is 2.50 bits per heavy atom. The number of nitrogens with one attached hydrogen (secondary N) is 2. The van der Waals surface area contributed by atoms with Gasteiger partial charge in [0.2, 0.25) is 5.91 Å². The van der Waals surface area contributed by atoms with Crippen LogP contribution in [0.1, 0.15) is 83.7 Å². The summed E-state index contributed by atoms with van der Waals surface area (Å²) in [5, 5.41) is 5.87. The van der Waals surface area contributed by atoms with Gasteiger partial charge in [-0.2, -0.15) is 0 Å². The molecule has 1 heterocycles. The van der Waals surface area contributed by atoms with Crippen LogP contribution in [0.25, 0.3) is 0 Å². The Morgan fingerprint density at radius 2 is 1.81 bits per heavy atom. The molecule has 3 amide bonds. The van der Waals surface area contributed by atoms with E-state index in [4.69, 9.17) is 4.74 Å². The molecule has 7 nitrogen and oxygen atoms in total. The maximum Gasteiger partial charge on any atom is 0.337 e. The average molecular weight is 444 g/mol. The van der Waals surface area contributed by atoms with Crippen molar-refractivity contribution in [2.75, 3.05) is 19.0 Å². The number of ether oxygens (including phenoxy) is 1. The van der Waals surface area contributed by atoms with Gasteiger partial charge in [-0.05, 0) is 37.5 Å². The first-order chi connectivity index (χ1) is 15.4. The number of hydrogen-bond donors (Lipinski definition) is 2. The molecule has 0 aliphatic carbocycles. The summed E-state index contributed by atoms with van der Waals surface area (Å²) in [6, 6.07) is 6.38. The molecule has 1 aromatic rings. The van der Waals surface area contributed by atoms with Gasteiger partial charge in [-0.25, -0.2) is 9.59 Å².